The number of benzene rings is 2. The lowest BCUT2D eigenvalue weighted by Gasteiger charge is -2.14. The standard InChI is InChI=1S/C18H21NO3/c1-4-13-10-15(9-8-12(13)2)19-18(21)17(20)14-6-5-7-16(11-14)22-3/h5-11,17,20H,4H2,1-3H3,(H,19,21). The minimum Gasteiger partial charge on any atom is -0.497 e. The Hall–Kier alpha value is -2.33. The summed E-state index contributed by atoms with van der Waals surface area (Å²) in [5.41, 5.74) is 3.55. The number of methoxy groups -OCH3 is 1. The van der Waals surface area contributed by atoms with Gasteiger partial charge in [-0.25, -0.2) is 0 Å². The topological polar surface area (TPSA) is 58.6 Å². The van der Waals surface area contributed by atoms with Crippen LogP contribution in [-0.2, 0) is 11.2 Å². The third-order valence-electron chi connectivity index (χ3n) is 3.66. The molecule has 0 fully saturated rings. The fourth-order valence-corrected chi connectivity index (χ4v) is 2.30. The summed E-state index contributed by atoms with van der Waals surface area (Å²) in [5, 5.41) is 12.9. The van der Waals surface area contributed by atoms with Gasteiger partial charge < -0.3 is 15.2 Å². The predicted molar refractivity (Wildman–Crippen MR) is 87.1 cm³/mol. The van der Waals surface area contributed by atoms with E-state index in [1.54, 1.807) is 31.4 Å². The lowest BCUT2D eigenvalue weighted by Crippen LogP contribution is -2.21. The third-order valence-corrected chi connectivity index (χ3v) is 3.66. The van der Waals surface area contributed by atoms with E-state index in [0.29, 0.717) is 17.0 Å². The van der Waals surface area contributed by atoms with Crippen molar-refractivity contribution in [2.45, 2.75) is 26.4 Å². The zero-order valence-corrected chi connectivity index (χ0v) is 13.1. The molecule has 0 aliphatic rings. The highest BCUT2D eigenvalue weighted by molar-refractivity contribution is 5.94. The molecule has 2 rings (SSSR count). The van der Waals surface area contributed by atoms with Crippen molar-refractivity contribution in [3.63, 3.8) is 0 Å². The lowest BCUT2D eigenvalue weighted by atomic mass is 10.1. The van der Waals surface area contributed by atoms with Crippen molar-refractivity contribution >= 4 is 11.6 Å². The smallest absolute Gasteiger partial charge is 0.257 e. The summed E-state index contributed by atoms with van der Waals surface area (Å²) in [4.78, 5) is 12.2. The van der Waals surface area contributed by atoms with Crippen LogP contribution in [0.15, 0.2) is 42.5 Å². The second-order valence-electron chi connectivity index (χ2n) is 5.16. The average Bonchev–Trinajstić information content (AvgIpc) is 2.55. The summed E-state index contributed by atoms with van der Waals surface area (Å²) in [6, 6.07) is 12.6. The highest BCUT2D eigenvalue weighted by Crippen LogP contribution is 2.21. The van der Waals surface area contributed by atoms with Crippen LogP contribution in [0.2, 0.25) is 0 Å². The zero-order valence-electron chi connectivity index (χ0n) is 13.1. The second-order valence-corrected chi connectivity index (χ2v) is 5.16. The van der Waals surface area contributed by atoms with Crippen LogP contribution >= 0.6 is 0 Å². The molecule has 2 aromatic carbocycles. The summed E-state index contributed by atoms with van der Waals surface area (Å²) in [5.74, 6) is 0.145. The summed E-state index contributed by atoms with van der Waals surface area (Å²) >= 11 is 0. The first-order valence-electron chi connectivity index (χ1n) is 7.27. The first kappa shape index (κ1) is 16.0. The molecule has 0 heterocycles. The largest absolute Gasteiger partial charge is 0.497 e. The van der Waals surface area contributed by atoms with Gasteiger partial charge in [-0.1, -0.05) is 25.1 Å². The monoisotopic (exact) mass is 299 g/mol. The Labute approximate surface area is 130 Å². The van der Waals surface area contributed by atoms with E-state index in [-0.39, 0.29) is 0 Å². The summed E-state index contributed by atoms with van der Waals surface area (Å²) in [7, 11) is 1.55. The molecule has 0 aliphatic carbocycles. The van der Waals surface area contributed by atoms with E-state index in [1.165, 1.54) is 11.1 Å². The number of ether oxygens (including phenoxy) is 1. The van der Waals surface area contributed by atoms with Gasteiger partial charge in [0.25, 0.3) is 5.91 Å². The SMILES string of the molecule is CCc1cc(NC(=O)C(O)c2cccc(OC)c2)ccc1C. The van der Waals surface area contributed by atoms with Crippen LogP contribution in [0.5, 0.6) is 5.75 Å². The molecule has 116 valence electrons. The molecule has 1 unspecified atom stereocenters. The Balaban J connectivity index is 2.14. The number of rotatable bonds is 5. The van der Waals surface area contributed by atoms with Gasteiger partial charge >= 0.3 is 0 Å². The van der Waals surface area contributed by atoms with Gasteiger partial charge in [-0.15, -0.1) is 0 Å². The van der Waals surface area contributed by atoms with Gasteiger partial charge in [0, 0.05) is 5.69 Å². The van der Waals surface area contributed by atoms with Gasteiger partial charge in [0.05, 0.1) is 7.11 Å². The molecule has 0 saturated heterocycles. The van der Waals surface area contributed by atoms with E-state index in [0.717, 1.165) is 6.42 Å². The van der Waals surface area contributed by atoms with Crippen LogP contribution in [0.25, 0.3) is 0 Å². The summed E-state index contributed by atoms with van der Waals surface area (Å²) < 4.78 is 5.10. The molecule has 0 aliphatic heterocycles. The maximum Gasteiger partial charge on any atom is 0.257 e. The second kappa shape index (κ2) is 7.09. The van der Waals surface area contributed by atoms with Gasteiger partial charge in [0.1, 0.15) is 5.75 Å². The fraction of sp³-hybridized carbons (Fsp3) is 0.278. The van der Waals surface area contributed by atoms with Crippen LogP contribution in [0.4, 0.5) is 5.69 Å². The number of nitrogens with one attached hydrogen (secondary N) is 1. The van der Waals surface area contributed by atoms with Crippen molar-refractivity contribution in [2.75, 3.05) is 12.4 Å². The van der Waals surface area contributed by atoms with Crippen molar-refractivity contribution in [3.05, 3.63) is 59.2 Å². The molecule has 0 radical (unpaired) electrons. The quantitative estimate of drug-likeness (QED) is 0.891. The molecule has 0 saturated carbocycles. The third kappa shape index (κ3) is 3.65. The maximum absolute atomic E-state index is 12.2. The van der Waals surface area contributed by atoms with E-state index in [1.807, 2.05) is 25.1 Å². The van der Waals surface area contributed by atoms with Crippen LogP contribution in [0, 0.1) is 6.92 Å². The highest BCUT2D eigenvalue weighted by Gasteiger charge is 2.18. The van der Waals surface area contributed by atoms with Crippen molar-refractivity contribution in [1.29, 1.82) is 0 Å². The summed E-state index contributed by atoms with van der Waals surface area (Å²) in [6.07, 6.45) is -0.338. The minimum absolute atomic E-state index is 0.459. The number of hydrogen-bond acceptors (Lipinski definition) is 3. The van der Waals surface area contributed by atoms with Gasteiger partial charge in [-0.3, -0.25) is 4.79 Å². The van der Waals surface area contributed by atoms with Crippen LogP contribution in [0.1, 0.15) is 29.7 Å². The Kier molecular flexibility index (Phi) is 5.17. The van der Waals surface area contributed by atoms with Crippen molar-refractivity contribution in [3.8, 4) is 5.75 Å². The molecule has 1 atom stereocenters. The van der Waals surface area contributed by atoms with E-state index < -0.39 is 12.0 Å². The average molecular weight is 299 g/mol. The fourth-order valence-electron chi connectivity index (χ4n) is 2.30. The van der Waals surface area contributed by atoms with Gasteiger partial charge in [0.2, 0.25) is 0 Å². The Morgan fingerprint density at radius 1 is 1.27 bits per heavy atom. The molecule has 2 N–H and O–H groups in total. The van der Waals surface area contributed by atoms with Gasteiger partial charge in [0.15, 0.2) is 6.10 Å². The molecular weight excluding hydrogens is 278 g/mol. The Bertz CT molecular complexity index is 667. The summed E-state index contributed by atoms with van der Waals surface area (Å²) in [6.45, 7) is 4.11. The first-order valence-corrected chi connectivity index (χ1v) is 7.27. The zero-order chi connectivity index (χ0) is 16.1. The van der Waals surface area contributed by atoms with E-state index in [9.17, 15) is 9.90 Å². The maximum atomic E-state index is 12.2. The molecule has 0 aromatic heterocycles. The molecule has 0 spiro atoms. The van der Waals surface area contributed by atoms with E-state index >= 15 is 0 Å². The highest BCUT2D eigenvalue weighted by atomic mass is 16.5. The molecular formula is C18H21NO3. The number of aliphatic hydroxyl groups is 1. The number of carbonyl (C=O) groups excluding carboxylic acids is 1. The molecule has 2 aromatic rings. The number of anilines is 1. The van der Waals surface area contributed by atoms with Crippen LogP contribution < -0.4 is 10.1 Å². The number of carbonyl (C=O) groups is 1. The number of amides is 1. The van der Waals surface area contributed by atoms with E-state index in [4.69, 9.17) is 4.74 Å². The van der Waals surface area contributed by atoms with E-state index in [2.05, 4.69) is 12.2 Å². The predicted octanol–water partition coefficient (Wildman–Crippen LogP) is 3.24. The number of hydrogen-bond donors (Lipinski definition) is 2. The van der Waals surface area contributed by atoms with Gasteiger partial charge in [-0.05, 0) is 54.3 Å². The van der Waals surface area contributed by atoms with Crippen LogP contribution in [-0.4, -0.2) is 18.1 Å². The Morgan fingerprint density at radius 3 is 2.73 bits per heavy atom. The Morgan fingerprint density at radius 2 is 2.05 bits per heavy atom. The van der Waals surface area contributed by atoms with Gasteiger partial charge in [-0.2, -0.15) is 0 Å². The van der Waals surface area contributed by atoms with Crippen LogP contribution in [0.3, 0.4) is 0 Å². The molecule has 1 amide bonds. The molecule has 22 heavy (non-hydrogen) atoms. The van der Waals surface area contributed by atoms with Crippen molar-refractivity contribution < 1.29 is 14.6 Å². The number of aryl methyl sites for hydroxylation is 2. The molecule has 0 bridgehead atoms. The lowest BCUT2D eigenvalue weighted by molar-refractivity contribution is -0.124. The van der Waals surface area contributed by atoms with Crippen molar-refractivity contribution in [1.82, 2.24) is 0 Å². The number of aliphatic hydroxyl groups excluding tert-OH is 1. The minimum atomic E-state index is -1.23. The molecule has 4 heteroatoms. The first-order chi connectivity index (χ1) is 10.5. The molecule has 4 nitrogen and oxygen atoms in total. The van der Waals surface area contributed by atoms with Crippen molar-refractivity contribution in [2.24, 2.45) is 0 Å². The normalized spacial score (nSPS) is 11.8.